The minimum Gasteiger partial charge on any atom is -0.347 e. The quantitative estimate of drug-likeness (QED) is 0.905. The fraction of sp³-hybridized carbons (Fsp3) is 0.471. The molecular formula is C17H22FN5O. The van der Waals surface area contributed by atoms with Crippen LogP contribution < -0.4 is 5.32 Å². The molecule has 0 radical (unpaired) electrons. The molecule has 24 heavy (non-hydrogen) atoms. The summed E-state index contributed by atoms with van der Waals surface area (Å²) >= 11 is 0. The van der Waals surface area contributed by atoms with Crippen molar-refractivity contribution in [1.29, 1.82) is 0 Å². The molecule has 128 valence electrons. The second-order valence-corrected chi connectivity index (χ2v) is 6.28. The Morgan fingerprint density at radius 1 is 1.38 bits per heavy atom. The Morgan fingerprint density at radius 2 is 2.21 bits per heavy atom. The van der Waals surface area contributed by atoms with Crippen molar-refractivity contribution in [2.45, 2.75) is 38.4 Å². The molecule has 1 aliphatic rings. The third kappa shape index (κ3) is 3.46. The standard InChI is InChI=1S/C17H22FN5O/c1-22(2)16(12-6-5-7-13(18)10-12)17(24)19-11-15-21-20-14-8-3-4-9-23(14)15/h5-7,10,16H,3-4,8-9,11H2,1-2H3,(H,19,24)/t16-/m1/s1. The highest BCUT2D eigenvalue weighted by molar-refractivity contribution is 5.83. The Morgan fingerprint density at radius 3 is 2.96 bits per heavy atom. The molecule has 1 aliphatic heterocycles. The molecule has 0 unspecified atom stereocenters. The molecule has 1 aromatic heterocycles. The fourth-order valence-corrected chi connectivity index (χ4v) is 3.12. The average Bonchev–Trinajstić information content (AvgIpc) is 2.96. The summed E-state index contributed by atoms with van der Waals surface area (Å²) in [5, 5.41) is 11.3. The van der Waals surface area contributed by atoms with Gasteiger partial charge in [-0.05, 0) is 44.6 Å². The van der Waals surface area contributed by atoms with Gasteiger partial charge in [0.2, 0.25) is 5.91 Å². The van der Waals surface area contributed by atoms with Crippen molar-refractivity contribution in [3.63, 3.8) is 0 Å². The Balaban J connectivity index is 1.71. The van der Waals surface area contributed by atoms with Crippen molar-refractivity contribution in [3.8, 4) is 0 Å². The van der Waals surface area contributed by atoms with E-state index < -0.39 is 6.04 Å². The Hall–Kier alpha value is -2.28. The second-order valence-electron chi connectivity index (χ2n) is 6.28. The number of rotatable bonds is 5. The molecule has 0 spiro atoms. The number of hydrogen-bond acceptors (Lipinski definition) is 4. The predicted octanol–water partition coefficient (Wildman–Crippen LogP) is 1.67. The highest BCUT2D eigenvalue weighted by Gasteiger charge is 2.24. The minimum atomic E-state index is -0.551. The first-order valence-corrected chi connectivity index (χ1v) is 8.17. The lowest BCUT2D eigenvalue weighted by Crippen LogP contribution is -2.37. The third-order valence-electron chi connectivity index (χ3n) is 4.29. The maximum Gasteiger partial charge on any atom is 0.242 e. The van der Waals surface area contributed by atoms with Gasteiger partial charge in [0.1, 0.15) is 17.7 Å². The van der Waals surface area contributed by atoms with E-state index in [1.807, 2.05) is 0 Å². The number of nitrogens with zero attached hydrogens (tertiary/aromatic N) is 4. The maximum absolute atomic E-state index is 13.5. The largest absolute Gasteiger partial charge is 0.347 e. The molecule has 1 amide bonds. The van der Waals surface area contributed by atoms with Crippen LogP contribution >= 0.6 is 0 Å². The van der Waals surface area contributed by atoms with Gasteiger partial charge in [-0.25, -0.2) is 4.39 Å². The molecule has 1 aromatic carbocycles. The number of nitrogens with one attached hydrogen (secondary N) is 1. The fourth-order valence-electron chi connectivity index (χ4n) is 3.12. The zero-order chi connectivity index (χ0) is 17.1. The van der Waals surface area contributed by atoms with Crippen LogP contribution in [0.25, 0.3) is 0 Å². The zero-order valence-corrected chi connectivity index (χ0v) is 14.0. The van der Waals surface area contributed by atoms with Crippen LogP contribution in [-0.2, 0) is 24.3 Å². The van der Waals surface area contributed by atoms with Crippen LogP contribution in [0.2, 0.25) is 0 Å². The van der Waals surface area contributed by atoms with Crippen LogP contribution in [-0.4, -0.2) is 39.7 Å². The number of fused-ring (bicyclic) bond motifs is 1. The van der Waals surface area contributed by atoms with E-state index in [2.05, 4.69) is 20.1 Å². The summed E-state index contributed by atoms with van der Waals surface area (Å²) in [5.74, 6) is 1.23. The SMILES string of the molecule is CN(C)[C@@H](C(=O)NCc1nnc2n1CCCC2)c1cccc(F)c1. The number of aryl methyl sites for hydroxylation is 1. The summed E-state index contributed by atoms with van der Waals surface area (Å²) in [4.78, 5) is 14.4. The average molecular weight is 331 g/mol. The predicted molar refractivity (Wildman–Crippen MR) is 87.6 cm³/mol. The number of hydrogen-bond donors (Lipinski definition) is 1. The zero-order valence-electron chi connectivity index (χ0n) is 14.0. The number of likely N-dealkylation sites (N-methyl/N-ethyl adjacent to an activating group) is 1. The number of benzene rings is 1. The lowest BCUT2D eigenvalue weighted by molar-refractivity contribution is -0.126. The van der Waals surface area contributed by atoms with E-state index in [0.717, 1.165) is 37.5 Å². The summed E-state index contributed by atoms with van der Waals surface area (Å²) in [6.45, 7) is 1.22. The summed E-state index contributed by atoms with van der Waals surface area (Å²) in [6.07, 6.45) is 3.17. The van der Waals surface area contributed by atoms with Gasteiger partial charge in [-0.3, -0.25) is 9.69 Å². The first kappa shape index (κ1) is 16.6. The molecular weight excluding hydrogens is 309 g/mol. The molecule has 1 atom stereocenters. The van der Waals surface area contributed by atoms with Crippen LogP contribution in [0.4, 0.5) is 4.39 Å². The van der Waals surface area contributed by atoms with Crippen LogP contribution in [0, 0.1) is 5.82 Å². The van der Waals surface area contributed by atoms with Crippen LogP contribution in [0.15, 0.2) is 24.3 Å². The van der Waals surface area contributed by atoms with Gasteiger partial charge in [-0.2, -0.15) is 0 Å². The van der Waals surface area contributed by atoms with Crippen molar-refractivity contribution < 1.29 is 9.18 Å². The lowest BCUT2D eigenvalue weighted by Gasteiger charge is -2.24. The Kier molecular flexibility index (Phi) is 4.89. The molecule has 2 heterocycles. The molecule has 1 N–H and O–H groups in total. The van der Waals surface area contributed by atoms with Crippen molar-refractivity contribution in [1.82, 2.24) is 25.0 Å². The molecule has 0 saturated heterocycles. The number of aromatic nitrogens is 3. The minimum absolute atomic E-state index is 0.182. The van der Waals surface area contributed by atoms with Crippen LogP contribution in [0.5, 0.6) is 0 Å². The normalized spacial score (nSPS) is 15.2. The highest BCUT2D eigenvalue weighted by atomic mass is 19.1. The van der Waals surface area contributed by atoms with E-state index in [9.17, 15) is 9.18 Å². The monoisotopic (exact) mass is 331 g/mol. The van der Waals surface area contributed by atoms with E-state index in [1.54, 1.807) is 31.1 Å². The molecule has 7 heteroatoms. The summed E-state index contributed by atoms with van der Waals surface area (Å²) in [7, 11) is 3.60. The smallest absolute Gasteiger partial charge is 0.242 e. The van der Waals surface area contributed by atoms with Crippen molar-refractivity contribution in [2.24, 2.45) is 0 Å². The lowest BCUT2D eigenvalue weighted by atomic mass is 10.1. The molecule has 0 bridgehead atoms. The first-order valence-electron chi connectivity index (χ1n) is 8.17. The van der Waals surface area contributed by atoms with Gasteiger partial charge in [0.15, 0.2) is 5.82 Å². The third-order valence-corrected chi connectivity index (χ3v) is 4.29. The first-order chi connectivity index (χ1) is 11.6. The van der Waals surface area contributed by atoms with Gasteiger partial charge in [0.05, 0.1) is 6.54 Å². The van der Waals surface area contributed by atoms with E-state index >= 15 is 0 Å². The van der Waals surface area contributed by atoms with Gasteiger partial charge >= 0.3 is 0 Å². The molecule has 0 saturated carbocycles. The summed E-state index contributed by atoms with van der Waals surface area (Å²) < 4.78 is 15.6. The van der Waals surface area contributed by atoms with Crippen molar-refractivity contribution >= 4 is 5.91 Å². The van der Waals surface area contributed by atoms with E-state index in [1.165, 1.54) is 12.1 Å². The van der Waals surface area contributed by atoms with Gasteiger partial charge < -0.3 is 9.88 Å². The number of halogens is 1. The van der Waals surface area contributed by atoms with E-state index in [-0.39, 0.29) is 11.7 Å². The molecule has 0 fully saturated rings. The van der Waals surface area contributed by atoms with Crippen LogP contribution in [0.1, 0.15) is 36.1 Å². The van der Waals surface area contributed by atoms with Gasteiger partial charge in [0, 0.05) is 13.0 Å². The maximum atomic E-state index is 13.5. The molecule has 3 rings (SSSR count). The molecule has 0 aliphatic carbocycles. The van der Waals surface area contributed by atoms with E-state index in [0.29, 0.717) is 12.1 Å². The summed E-state index contributed by atoms with van der Waals surface area (Å²) in [5.41, 5.74) is 0.626. The number of carbonyl (C=O) groups excluding carboxylic acids is 1. The molecule has 6 nitrogen and oxygen atoms in total. The van der Waals surface area contributed by atoms with E-state index in [4.69, 9.17) is 0 Å². The molecule has 2 aromatic rings. The number of amides is 1. The van der Waals surface area contributed by atoms with Gasteiger partial charge in [-0.1, -0.05) is 12.1 Å². The topological polar surface area (TPSA) is 63.1 Å². The van der Waals surface area contributed by atoms with Crippen molar-refractivity contribution in [3.05, 3.63) is 47.3 Å². The van der Waals surface area contributed by atoms with Gasteiger partial charge in [0.25, 0.3) is 0 Å². The van der Waals surface area contributed by atoms with Crippen LogP contribution in [0.3, 0.4) is 0 Å². The van der Waals surface area contributed by atoms with Crippen molar-refractivity contribution in [2.75, 3.05) is 14.1 Å². The second kappa shape index (κ2) is 7.09. The van der Waals surface area contributed by atoms with Gasteiger partial charge in [-0.15, -0.1) is 10.2 Å². The summed E-state index contributed by atoms with van der Waals surface area (Å²) in [6, 6.07) is 5.58. The Labute approximate surface area is 140 Å². The number of carbonyl (C=O) groups is 1. The highest BCUT2D eigenvalue weighted by Crippen LogP contribution is 2.20. The Bertz CT molecular complexity index is 728.